The van der Waals surface area contributed by atoms with Gasteiger partial charge in [-0.25, -0.2) is 0 Å². The fraction of sp³-hybridized carbons (Fsp3) is 0.818. The summed E-state index contributed by atoms with van der Waals surface area (Å²) >= 11 is 0. The summed E-state index contributed by atoms with van der Waals surface area (Å²) in [5.74, 6) is 0. The van der Waals surface area contributed by atoms with Gasteiger partial charge in [0.05, 0.1) is 5.60 Å². The van der Waals surface area contributed by atoms with E-state index in [-0.39, 0.29) is 11.0 Å². The van der Waals surface area contributed by atoms with Crippen molar-refractivity contribution in [3.8, 4) is 0 Å². The van der Waals surface area contributed by atoms with Gasteiger partial charge < -0.3 is 4.65 Å². The van der Waals surface area contributed by atoms with Crippen LogP contribution in [0.25, 0.3) is 0 Å². The largest absolute Gasteiger partial charge is 0.431 e. The van der Waals surface area contributed by atoms with Crippen LogP contribution in [0.15, 0.2) is 12.7 Å². The molecule has 0 aliphatic rings. The zero-order valence-electron chi connectivity index (χ0n) is 9.98. The van der Waals surface area contributed by atoms with Crippen molar-refractivity contribution in [2.45, 2.75) is 53.4 Å². The molecule has 0 saturated heterocycles. The van der Waals surface area contributed by atoms with Gasteiger partial charge in [-0.1, -0.05) is 40.0 Å². The van der Waals surface area contributed by atoms with E-state index in [0.29, 0.717) is 6.92 Å². The summed E-state index contributed by atoms with van der Waals surface area (Å²) in [6.07, 6.45) is 3.02. The molecule has 0 atom stereocenters. The summed E-state index contributed by atoms with van der Waals surface area (Å²) in [5, 5.41) is 0. The Hall–Kier alpha value is -0.235. The van der Waals surface area contributed by atoms with Crippen LogP contribution >= 0.6 is 0 Å². The van der Waals surface area contributed by atoms with Gasteiger partial charge in [0.1, 0.15) is 0 Å². The van der Waals surface area contributed by atoms with Crippen molar-refractivity contribution in [2.24, 2.45) is 5.41 Å². The van der Waals surface area contributed by atoms with Crippen LogP contribution in [0.2, 0.25) is 13.1 Å². The summed E-state index contributed by atoms with van der Waals surface area (Å²) < 4.78 is 5.97. The first-order valence-corrected chi connectivity index (χ1v) is 5.08. The molecule has 1 nitrogen and oxygen atoms in total. The molecule has 76 valence electrons. The molecule has 0 aromatic carbocycles. The third kappa shape index (κ3) is 3.19. The second-order valence-electron chi connectivity index (χ2n) is 4.77. The minimum absolute atomic E-state index is 0.0103. The molecule has 0 saturated carbocycles. The highest BCUT2D eigenvalue weighted by Gasteiger charge is 2.36. The predicted octanol–water partition coefficient (Wildman–Crippen LogP) is 3.64. The second-order valence-corrected chi connectivity index (χ2v) is 4.77. The molecule has 0 aliphatic heterocycles. The highest BCUT2D eigenvalue weighted by molar-refractivity contribution is 6.50. The standard InChI is InChI=1S/C11H23BO/c1-8-10(3,4)11(5,6)13-12(7)9-2/h8H,1,9H2,2-7H3. The zero-order chi connectivity index (χ0) is 10.7. The van der Waals surface area contributed by atoms with E-state index in [0.717, 1.165) is 6.32 Å². The van der Waals surface area contributed by atoms with E-state index in [1.807, 2.05) is 6.08 Å². The van der Waals surface area contributed by atoms with Crippen LogP contribution in [-0.4, -0.2) is 12.5 Å². The summed E-state index contributed by atoms with van der Waals surface area (Å²) in [5.41, 5.74) is -0.138. The van der Waals surface area contributed by atoms with Crippen LogP contribution in [0.5, 0.6) is 0 Å². The van der Waals surface area contributed by atoms with Crippen LogP contribution in [0.4, 0.5) is 0 Å². The predicted molar refractivity (Wildman–Crippen MR) is 61.2 cm³/mol. The lowest BCUT2D eigenvalue weighted by atomic mass is 9.65. The van der Waals surface area contributed by atoms with E-state index < -0.39 is 0 Å². The molecular weight excluding hydrogens is 159 g/mol. The smallest absolute Gasteiger partial charge is 0.290 e. The van der Waals surface area contributed by atoms with Gasteiger partial charge in [-0.05, 0) is 13.8 Å². The average Bonchev–Trinajstić information content (AvgIpc) is 2.03. The van der Waals surface area contributed by atoms with Crippen molar-refractivity contribution in [3.63, 3.8) is 0 Å². The van der Waals surface area contributed by atoms with E-state index in [2.05, 4.69) is 48.0 Å². The molecular formula is C11H23BO. The van der Waals surface area contributed by atoms with E-state index in [1.54, 1.807) is 0 Å². The van der Waals surface area contributed by atoms with Crippen LogP contribution in [0.3, 0.4) is 0 Å². The second kappa shape index (κ2) is 4.32. The Morgan fingerprint density at radius 2 is 1.77 bits per heavy atom. The summed E-state index contributed by atoms with van der Waals surface area (Å²) in [6.45, 7) is 17.0. The minimum atomic E-state index is -0.149. The van der Waals surface area contributed by atoms with E-state index in [1.165, 1.54) is 0 Å². The Balaban J connectivity index is 4.47. The maximum atomic E-state index is 5.97. The van der Waals surface area contributed by atoms with E-state index >= 15 is 0 Å². The number of hydrogen-bond acceptors (Lipinski definition) is 1. The zero-order valence-corrected chi connectivity index (χ0v) is 9.98. The Kier molecular flexibility index (Phi) is 4.24. The van der Waals surface area contributed by atoms with Gasteiger partial charge in [-0.2, -0.15) is 0 Å². The normalized spacial score (nSPS) is 12.8. The van der Waals surface area contributed by atoms with Crippen molar-refractivity contribution in [3.05, 3.63) is 12.7 Å². The van der Waals surface area contributed by atoms with E-state index in [4.69, 9.17) is 4.65 Å². The molecule has 0 bridgehead atoms. The third-order valence-electron chi connectivity index (χ3n) is 3.13. The van der Waals surface area contributed by atoms with E-state index in [9.17, 15) is 0 Å². The molecule has 0 amide bonds. The maximum absolute atomic E-state index is 5.97. The highest BCUT2D eigenvalue weighted by Crippen LogP contribution is 2.35. The molecule has 0 aromatic rings. The topological polar surface area (TPSA) is 9.23 Å². The first-order valence-electron chi connectivity index (χ1n) is 5.08. The van der Waals surface area contributed by atoms with Crippen molar-refractivity contribution in [1.29, 1.82) is 0 Å². The van der Waals surface area contributed by atoms with Crippen LogP contribution in [0.1, 0.15) is 34.6 Å². The molecule has 0 radical (unpaired) electrons. The molecule has 0 rings (SSSR count). The number of hydrogen-bond donors (Lipinski definition) is 0. The molecule has 0 aliphatic carbocycles. The molecule has 0 aromatic heterocycles. The first kappa shape index (κ1) is 12.8. The van der Waals surface area contributed by atoms with Crippen molar-refractivity contribution in [2.75, 3.05) is 0 Å². The van der Waals surface area contributed by atoms with Crippen molar-refractivity contribution in [1.82, 2.24) is 0 Å². The molecule has 0 heterocycles. The lowest BCUT2D eigenvalue weighted by molar-refractivity contribution is 0.0160. The van der Waals surface area contributed by atoms with Gasteiger partial charge in [-0.15, -0.1) is 6.58 Å². The van der Waals surface area contributed by atoms with Gasteiger partial charge in [0, 0.05) is 5.41 Å². The monoisotopic (exact) mass is 182 g/mol. The van der Waals surface area contributed by atoms with Crippen LogP contribution < -0.4 is 0 Å². The van der Waals surface area contributed by atoms with Crippen LogP contribution in [-0.2, 0) is 4.65 Å². The Morgan fingerprint density at radius 3 is 2.08 bits per heavy atom. The van der Waals surface area contributed by atoms with Gasteiger partial charge in [-0.3, -0.25) is 0 Å². The molecule has 0 N–H and O–H groups in total. The fourth-order valence-electron chi connectivity index (χ4n) is 0.984. The van der Waals surface area contributed by atoms with Gasteiger partial charge in [0.2, 0.25) is 0 Å². The average molecular weight is 182 g/mol. The number of rotatable bonds is 5. The van der Waals surface area contributed by atoms with Gasteiger partial charge >= 0.3 is 0 Å². The van der Waals surface area contributed by atoms with Gasteiger partial charge in [0.25, 0.3) is 6.92 Å². The lowest BCUT2D eigenvalue weighted by Crippen LogP contribution is -2.43. The molecule has 0 spiro atoms. The van der Waals surface area contributed by atoms with Crippen molar-refractivity contribution >= 4 is 6.92 Å². The SMILES string of the molecule is C=CC(C)(C)C(C)(C)OB(C)CC. The summed E-state index contributed by atoms with van der Waals surface area (Å²) in [7, 11) is 0. The third-order valence-corrected chi connectivity index (χ3v) is 3.13. The molecule has 2 heteroatoms. The fourth-order valence-corrected chi connectivity index (χ4v) is 0.984. The first-order chi connectivity index (χ1) is 5.77. The molecule has 0 fully saturated rings. The highest BCUT2D eigenvalue weighted by atomic mass is 16.5. The minimum Gasteiger partial charge on any atom is -0.431 e. The Bertz CT molecular complexity index is 173. The van der Waals surface area contributed by atoms with Gasteiger partial charge in [0.15, 0.2) is 0 Å². The lowest BCUT2D eigenvalue weighted by Gasteiger charge is -2.41. The van der Waals surface area contributed by atoms with Crippen LogP contribution in [0, 0.1) is 5.41 Å². The quantitative estimate of drug-likeness (QED) is 0.466. The summed E-state index contributed by atoms with van der Waals surface area (Å²) in [6, 6.07) is 0. The summed E-state index contributed by atoms with van der Waals surface area (Å²) in [4.78, 5) is 0. The van der Waals surface area contributed by atoms with Crippen molar-refractivity contribution < 1.29 is 4.65 Å². The Labute approximate surface area is 83.7 Å². The molecule has 13 heavy (non-hydrogen) atoms. The Morgan fingerprint density at radius 1 is 1.31 bits per heavy atom. The molecule has 0 unspecified atom stereocenters. The maximum Gasteiger partial charge on any atom is 0.290 e.